The topological polar surface area (TPSA) is 75.7 Å². The molecular weight excluding hydrogens is 388 g/mol. The molecule has 0 aliphatic carbocycles. The molecule has 6 nitrogen and oxygen atoms in total. The van der Waals surface area contributed by atoms with E-state index in [1.807, 2.05) is 63.2 Å². The molecule has 0 aliphatic rings. The summed E-state index contributed by atoms with van der Waals surface area (Å²) in [6.07, 6.45) is 1.99. The first-order valence-corrected chi connectivity index (χ1v) is 11.6. The van der Waals surface area contributed by atoms with Gasteiger partial charge in [0.15, 0.2) is 0 Å². The summed E-state index contributed by atoms with van der Waals surface area (Å²) in [5, 5.41) is 2.87. The van der Waals surface area contributed by atoms with Crippen LogP contribution in [0.5, 0.6) is 5.75 Å². The first kappa shape index (κ1) is 22.7. The van der Waals surface area contributed by atoms with Crippen LogP contribution in [0.4, 0.5) is 5.69 Å². The number of benzene rings is 2. The number of sulfonamides is 1. The summed E-state index contributed by atoms with van der Waals surface area (Å²) in [5.74, 6) is 0.692. The van der Waals surface area contributed by atoms with Crippen molar-refractivity contribution in [2.75, 3.05) is 17.1 Å². The molecule has 1 N–H and O–H groups in total. The summed E-state index contributed by atoms with van der Waals surface area (Å²) in [6.45, 7) is 6.54. The lowest BCUT2D eigenvalue weighted by molar-refractivity contribution is -0.121. The van der Waals surface area contributed by atoms with Gasteiger partial charge in [-0.05, 0) is 62.6 Å². The number of nitrogens with one attached hydrogen (secondary N) is 1. The molecule has 0 atom stereocenters. The number of hydrogen-bond donors (Lipinski definition) is 1. The van der Waals surface area contributed by atoms with Crippen molar-refractivity contribution in [1.82, 2.24) is 5.32 Å². The van der Waals surface area contributed by atoms with Crippen molar-refractivity contribution in [2.45, 2.75) is 46.3 Å². The summed E-state index contributed by atoms with van der Waals surface area (Å²) >= 11 is 0. The van der Waals surface area contributed by atoms with Crippen LogP contribution >= 0.6 is 0 Å². The second-order valence-electron chi connectivity index (χ2n) is 7.36. The van der Waals surface area contributed by atoms with Crippen LogP contribution in [0.1, 0.15) is 37.8 Å². The van der Waals surface area contributed by atoms with Crippen LogP contribution in [0.25, 0.3) is 0 Å². The van der Waals surface area contributed by atoms with Crippen molar-refractivity contribution in [1.29, 1.82) is 0 Å². The van der Waals surface area contributed by atoms with Crippen LogP contribution < -0.4 is 14.4 Å². The van der Waals surface area contributed by atoms with Gasteiger partial charge in [-0.2, -0.15) is 0 Å². The smallest absolute Gasteiger partial charge is 0.232 e. The third-order valence-corrected chi connectivity index (χ3v) is 5.43. The van der Waals surface area contributed by atoms with Crippen LogP contribution in [-0.4, -0.2) is 33.2 Å². The largest absolute Gasteiger partial charge is 0.491 e. The van der Waals surface area contributed by atoms with E-state index < -0.39 is 10.0 Å². The van der Waals surface area contributed by atoms with Gasteiger partial charge in [0.25, 0.3) is 0 Å². The molecule has 0 aromatic heterocycles. The fraction of sp³-hybridized carbons (Fsp3) is 0.409. The molecule has 0 fully saturated rings. The number of ether oxygens (including phenoxy) is 1. The summed E-state index contributed by atoms with van der Waals surface area (Å²) < 4.78 is 31.2. The van der Waals surface area contributed by atoms with Gasteiger partial charge in [-0.25, -0.2) is 8.42 Å². The van der Waals surface area contributed by atoms with Gasteiger partial charge in [-0.3, -0.25) is 9.10 Å². The Hall–Kier alpha value is -2.54. The Kier molecular flexibility index (Phi) is 8.08. The van der Waals surface area contributed by atoms with Crippen LogP contribution in [0.15, 0.2) is 48.5 Å². The molecule has 0 spiro atoms. The average Bonchev–Trinajstić information content (AvgIpc) is 2.63. The van der Waals surface area contributed by atoms with Gasteiger partial charge >= 0.3 is 0 Å². The Morgan fingerprint density at radius 2 is 1.83 bits per heavy atom. The van der Waals surface area contributed by atoms with Crippen molar-refractivity contribution < 1.29 is 17.9 Å². The zero-order chi connectivity index (χ0) is 21.4. The lowest BCUT2D eigenvalue weighted by Crippen LogP contribution is -2.32. The molecule has 0 heterocycles. The molecule has 2 rings (SSSR count). The van der Waals surface area contributed by atoms with Gasteiger partial charge < -0.3 is 10.1 Å². The highest BCUT2D eigenvalue weighted by Crippen LogP contribution is 2.19. The van der Waals surface area contributed by atoms with E-state index >= 15 is 0 Å². The number of rotatable bonds is 10. The number of carbonyl (C=O) groups excluding carboxylic acids is 1. The van der Waals surface area contributed by atoms with E-state index in [-0.39, 0.29) is 25.0 Å². The highest BCUT2D eigenvalue weighted by Gasteiger charge is 2.17. The molecule has 0 saturated heterocycles. The van der Waals surface area contributed by atoms with E-state index in [9.17, 15) is 13.2 Å². The number of carbonyl (C=O) groups is 1. The lowest BCUT2D eigenvalue weighted by atomic mass is 10.2. The predicted octanol–water partition coefficient (Wildman–Crippen LogP) is 3.64. The summed E-state index contributed by atoms with van der Waals surface area (Å²) in [5.41, 5.74) is 2.59. The third kappa shape index (κ3) is 7.77. The molecule has 7 heteroatoms. The van der Waals surface area contributed by atoms with Crippen LogP contribution in [-0.2, 0) is 21.4 Å². The molecule has 2 aromatic rings. The minimum absolute atomic E-state index is 0.106. The summed E-state index contributed by atoms with van der Waals surface area (Å²) in [4.78, 5) is 12.1. The van der Waals surface area contributed by atoms with Gasteiger partial charge in [0, 0.05) is 19.5 Å². The third-order valence-electron chi connectivity index (χ3n) is 4.24. The van der Waals surface area contributed by atoms with Gasteiger partial charge in [-0.15, -0.1) is 0 Å². The molecular formula is C22H30N2O4S. The Morgan fingerprint density at radius 3 is 2.41 bits per heavy atom. The Bertz CT molecular complexity index is 909. The predicted molar refractivity (Wildman–Crippen MR) is 117 cm³/mol. The van der Waals surface area contributed by atoms with Crippen LogP contribution in [0, 0.1) is 6.92 Å². The Balaban J connectivity index is 1.83. The monoisotopic (exact) mass is 418 g/mol. The van der Waals surface area contributed by atoms with Crippen molar-refractivity contribution in [2.24, 2.45) is 0 Å². The fourth-order valence-electron chi connectivity index (χ4n) is 2.90. The van der Waals surface area contributed by atoms with Crippen molar-refractivity contribution in [3.8, 4) is 5.75 Å². The van der Waals surface area contributed by atoms with E-state index in [0.29, 0.717) is 18.7 Å². The first-order chi connectivity index (χ1) is 13.6. The number of aryl methyl sites for hydroxylation is 1. The molecule has 2 aromatic carbocycles. The second kappa shape index (κ2) is 10.3. The maximum atomic E-state index is 12.1. The maximum Gasteiger partial charge on any atom is 0.232 e. The molecule has 0 radical (unpaired) electrons. The number of nitrogens with zero attached hydrogens (tertiary/aromatic N) is 1. The highest BCUT2D eigenvalue weighted by molar-refractivity contribution is 7.92. The molecule has 0 saturated carbocycles. The van der Waals surface area contributed by atoms with Gasteiger partial charge in [0.05, 0.1) is 18.0 Å². The maximum absolute atomic E-state index is 12.1. The van der Waals surface area contributed by atoms with E-state index in [2.05, 4.69) is 5.32 Å². The van der Waals surface area contributed by atoms with Crippen molar-refractivity contribution in [3.05, 3.63) is 59.7 Å². The van der Waals surface area contributed by atoms with Crippen molar-refractivity contribution >= 4 is 21.6 Å². The van der Waals surface area contributed by atoms with Gasteiger partial charge in [-0.1, -0.05) is 24.3 Å². The molecule has 0 aliphatic heterocycles. The zero-order valence-corrected chi connectivity index (χ0v) is 18.3. The quantitative estimate of drug-likeness (QED) is 0.639. The fourth-order valence-corrected chi connectivity index (χ4v) is 3.86. The standard InChI is InChI=1S/C22H30N2O4S/c1-17(2)28-21-12-10-19(11-13-21)16-23-22(25)9-6-14-24(29(4,26)27)20-8-5-7-18(3)15-20/h5,7-8,10-13,15,17H,6,9,14,16H2,1-4H3,(H,23,25). The summed E-state index contributed by atoms with van der Waals surface area (Å²) in [7, 11) is -3.41. The number of amides is 1. The minimum atomic E-state index is -3.41. The molecule has 0 unspecified atom stereocenters. The molecule has 158 valence electrons. The highest BCUT2D eigenvalue weighted by atomic mass is 32.2. The summed E-state index contributed by atoms with van der Waals surface area (Å²) in [6, 6.07) is 14.9. The SMILES string of the molecule is Cc1cccc(N(CCCC(=O)NCc2ccc(OC(C)C)cc2)S(C)(=O)=O)c1. The second-order valence-corrected chi connectivity index (χ2v) is 9.27. The average molecular weight is 419 g/mol. The molecule has 29 heavy (non-hydrogen) atoms. The Labute approximate surface area is 173 Å². The van der Waals surface area contributed by atoms with Crippen LogP contribution in [0.2, 0.25) is 0 Å². The van der Waals surface area contributed by atoms with Crippen LogP contribution in [0.3, 0.4) is 0 Å². The van der Waals surface area contributed by atoms with Gasteiger partial charge in [0.1, 0.15) is 5.75 Å². The molecule has 0 bridgehead atoms. The molecule has 1 amide bonds. The first-order valence-electron chi connectivity index (χ1n) is 9.72. The van der Waals surface area contributed by atoms with Gasteiger partial charge in [0.2, 0.25) is 15.9 Å². The lowest BCUT2D eigenvalue weighted by Gasteiger charge is -2.22. The van der Waals surface area contributed by atoms with Crippen molar-refractivity contribution in [3.63, 3.8) is 0 Å². The van der Waals surface area contributed by atoms with E-state index in [1.54, 1.807) is 6.07 Å². The van der Waals surface area contributed by atoms with E-state index in [1.165, 1.54) is 10.6 Å². The zero-order valence-electron chi connectivity index (χ0n) is 17.5. The Morgan fingerprint density at radius 1 is 1.14 bits per heavy atom. The normalized spacial score (nSPS) is 11.3. The van der Waals surface area contributed by atoms with E-state index in [4.69, 9.17) is 4.74 Å². The van der Waals surface area contributed by atoms with E-state index in [0.717, 1.165) is 16.9 Å². The number of anilines is 1. The minimum Gasteiger partial charge on any atom is -0.491 e. The number of hydrogen-bond acceptors (Lipinski definition) is 4.